The predicted molar refractivity (Wildman–Crippen MR) is 11.5 cm³/mol. The summed E-state index contributed by atoms with van der Waals surface area (Å²) in [6.45, 7) is 0. The Morgan fingerprint density at radius 2 is 1.00 bits per heavy atom. The molecule has 3 nitrogen and oxygen atoms in total. The molecule has 0 aliphatic carbocycles. The van der Waals surface area contributed by atoms with E-state index in [4.69, 9.17) is 15.1 Å². The molecule has 0 aromatic carbocycles. The largest absolute Gasteiger partial charge is 3.00 e. The second-order valence-electron chi connectivity index (χ2n) is 0.289. The molecule has 6 heteroatoms. The topological polar surface area (TPSA) is 69.2 Å². The molecular formula is AgAlBO3+. The molecule has 34 valence electrons. The van der Waals surface area contributed by atoms with E-state index >= 15 is 0 Å². The SMILES string of the molecule is [Ag+].[Al+3].[O-]B([O-])[O-]. The van der Waals surface area contributed by atoms with E-state index in [2.05, 4.69) is 0 Å². The van der Waals surface area contributed by atoms with Gasteiger partial charge in [-0.25, -0.2) is 0 Å². The number of rotatable bonds is 0. The van der Waals surface area contributed by atoms with Crippen LogP contribution in [0, 0.1) is 0 Å². The van der Waals surface area contributed by atoms with Gasteiger partial charge in [-0.3, -0.25) is 7.32 Å². The van der Waals surface area contributed by atoms with Crippen molar-refractivity contribution in [1.82, 2.24) is 0 Å². The molecule has 0 fully saturated rings. The Hall–Kier alpha value is 1.22. The summed E-state index contributed by atoms with van der Waals surface area (Å²) in [6, 6.07) is 0. The molecule has 0 spiro atoms. The summed E-state index contributed by atoms with van der Waals surface area (Å²) < 4.78 is 0. The average molecular weight is 194 g/mol. The van der Waals surface area contributed by atoms with Gasteiger partial charge in [0.2, 0.25) is 0 Å². The maximum absolute atomic E-state index is 8.42. The minimum absolute atomic E-state index is 0. The molecule has 0 heterocycles. The Labute approximate surface area is 62.2 Å². The minimum Gasteiger partial charge on any atom is -0.907 e. The number of hydrogen-bond acceptors (Lipinski definition) is 3. The van der Waals surface area contributed by atoms with Gasteiger partial charge in [-0.2, -0.15) is 0 Å². The van der Waals surface area contributed by atoms with E-state index in [1.807, 2.05) is 0 Å². The number of hydrogen-bond donors (Lipinski definition) is 0. The Bertz CT molecular complexity index is 15.5. The second-order valence-corrected chi connectivity index (χ2v) is 0.289. The van der Waals surface area contributed by atoms with Gasteiger partial charge in [0.05, 0.1) is 0 Å². The summed E-state index contributed by atoms with van der Waals surface area (Å²) in [6.07, 6.45) is 0. The smallest absolute Gasteiger partial charge is 0.907 e. The first-order chi connectivity index (χ1) is 1.73. The van der Waals surface area contributed by atoms with Crippen molar-refractivity contribution < 1.29 is 37.5 Å². The molecule has 6 heavy (non-hydrogen) atoms. The Balaban J connectivity index is -0.0000000450. The maximum atomic E-state index is 8.42. The van der Waals surface area contributed by atoms with Crippen molar-refractivity contribution in [3.8, 4) is 0 Å². The molecule has 0 saturated carbocycles. The van der Waals surface area contributed by atoms with Crippen LogP contribution in [0.25, 0.3) is 0 Å². The van der Waals surface area contributed by atoms with E-state index in [9.17, 15) is 0 Å². The molecule has 0 saturated heterocycles. The van der Waals surface area contributed by atoms with Gasteiger partial charge < -0.3 is 15.1 Å². The van der Waals surface area contributed by atoms with Crippen molar-refractivity contribution in [2.24, 2.45) is 0 Å². The van der Waals surface area contributed by atoms with Gasteiger partial charge in [0, 0.05) is 0 Å². The van der Waals surface area contributed by atoms with Gasteiger partial charge in [-0.15, -0.1) is 0 Å². The molecule has 0 aliphatic heterocycles. The van der Waals surface area contributed by atoms with E-state index in [-0.39, 0.29) is 39.7 Å². The molecular weight excluding hydrogens is 194 g/mol. The van der Waals surface area contributed by atoms with E-state index < -0.39 is 7.32 Å². The summed E-state index contributed by atoms with van der Waals surface area (Å²) in [5, 5.41) is 25.2. The van der Waals surface area contributed by atoms with Crippen LogP contribution in [-0.2, 0) is 22.4 Å². The molecule has 0 aromatic rings. The van der Waals surface area contributed by atoms with E-state index in [0.29, 0.717) is 0 Å². The summed E-state index contributed by atoms with van der Waals surface area (Å²) in [4.78, 5) is 0. The Morgan fingerprint density at radius 1 is 1.00 bits per heavy atom. The van der Waals surface area contributed by atoms with Crippen LogP contribution in [-0.4, -0.2) is 24.7 Å². The van der Waals surface area contributed by atoms with Crippen LogP contribution in [0.1, 0.15) is 0 Å². The van der Waals surface area contributed by atoms with E-state index in [1.54, 1.807) is 0 Å². The normalized spacial score (nSPS) is 4.50. The molecule has 0 radical (unpaired) electrons. The van der Waals surface area contributed by atoms with Crippen LogP contribution >= 0.6 is 0 Å². The van der Waals surface area contributed by atoms with E-state index in [1.165, 1.54) is 0 Å². The van der Waals surface area contributed by atoms with Gasteiger partial charge in [0.25, 0.3) is 0 Å². The maximum Gasteiger partial charge on any atom is 3.00 e. The molecule has 0 aromatic heterocycles. The zero-order valence-corrected chi connectivity index (χ0v) is 5.32. The fourth-order valence-corrected chi connectivity index (χ4v) is 0. The predicted octanol–water partition coefficient (Wildman–Crippen LogP) is -4.33. The summed E-state index contributed by atoms with van der Waals surface area (Å²) in [5.41, 5.74) is 0. The Morgan fingerprint density at radius 3 is 1.00 bits per heavy atom. The van der Waals surface area contributed by atoms with Crippen molar-refractivity contribution in [1.29, 1.82) is 0 Å². The van der Waals surface area contributed by atoms with Gasteiger partial charge in [-0.05, 0) is 0 Å². The monoisotopic (exact) mass is 193 g/mol. The summed E-state index contributed by atoms with van der Waals surface area (Å²) in [7, 11) is -2.92. The van der Waals surface area contributed by atoms with Crippen molar-refractivity contribution in [3.05, 3.63) is 0 Å². The standard InChI is InChI=1S/Ag.Al.BO3/c;;2-1(3)4/q+1;+3;-3. The van der Waals surface area contributed by atoms with E-state index in [0.717, 1.165) is 0 Å². The van der Waals surface area contributed by atoms with Crippen molar-refractivity contribution in [3.63, 3.8) is 0 Å². The van der Waals surface area contributed by atoms with Crippen molar-refractivity contribution in [2.75, 3.05) is 0 Å². The molecule has 0 N–H and O–H groups in total. The minimum atomic E-state index is -2.92. The first kappa shape index (κ1) is 15.7. The molecule has 0 unspecified atom stereocenters. The fraction of sp³-hybridized carbons (Fsp3) is 0. The van der Waals surface area contributed by atoms with Crippen LogP contribution in [0.3, 0.4) is 0 Å². The first-order valence-electron chi connectivity index (χ1n) is 0.707. The Kier molecular flexibility index (Phi) is 24.9. The van der Waals surface area contributed by atoms with Crippen LogP contribution in [0.2, 0.25) is 0 Å². The van der Waals surface area contributed by atoms with Gasteiger partial charge in [0.1, 0.15) is 0 Å². The fourth-order valence-electron chi connectivity index (χ4n) is 0. The molecule has 0 amide bonds. The van der Waals surface area contributed by atoms with Gasteiger partial charge in [-0.1, -0.05) is 0 Å². The molecule has 0 rings (SSSR count). The quantitative estimate of drug-likeness (QED) is 0.366. The summed E-state index contributed by atoms with van der Waals surface area (Å²) >= 11 is 0. The summed E-state index contributed by atoms with van der Waals surface area (Å²) in [5.74, 6) is 0. The molecule has 0 atom stereocenters. The third-order valence-corrected chi connectivity index (χ3v) is 0. The third-order valence-electron chi connectivity index (χ3n) is 0. The second kappa shape index (κ2) is 9.52. The zero-order valence-electron chi connectivity index (χ0n) is 2.68. The molecule has 0 bridgehead atoms. The van der Waals surface area contributed by atoms with Gasteiger partial charge >= 0.3 is 39.7 Å². The average Bonchev–Trinajstić information content (AvgIpc) is 0.811. The zero-order chi connectivity index (χ0) is 3.58. The third kappa shape index (κ3) is 62.6. The van der Waals surface area contributed by atoms with Crippen LogP contribution in [0.4, 0.5) is 0 Å². The first-order valence-corrected chi connectivity index (χ1v) is 0.707. The van der Waals surface area contributed by atoms with Crippen molar-refractivity contribution >= 4 is 24.7 Å². The molecule has 0 aliphatic rings. The van der Waals surface area contributed by atoms with Crippen LogP contribution < -0.4 is 15.1 Å². The van der Waals surface area contributed by atoms with Crippen LogP contribution in [0.15, 0.2) is 0 Å². The van der Waals surface area contributed by atoms with Crippen molar-refractivity contribution in [2.45, 2.75) is 0 Å². The van der Waals surface area contributed by atoms with Crippen LogP contribution in [0.5, 0.6) is 0 Å². The van der Waals surface area contributed by atoms with Gasteiger partial charge in [0.15, 0.2) is 0 Å².